The number of aryl methyl sites for hydroxylation is 2. The van der Waals surface area contributed by atoms with Gasteiger partial charge in [0.2, 0.25) is 0 Å². The Morgan fingerprint density at radius 1 is 0.457 bits per heavy atom. The first-order valence-corrected chi connectivity index (χ1v) is 15.6. The van der Waals surface area contributed by atoms with Gasteiger partial charge in [0.25, 0.3) is 0 Å². The molecule has 0 aliphatic carbocycles. The maximum atomic E-state index is 9.48. The van der Waals surface area contributed by atoms with Gasteiger partial charge >= 0.3 is 0 Å². The number of nitriles is 1. The van der Waals surface area contributed by atoms with Crippen LogP contribution in [0.3, 0.4) is 0 Å². The Morgan fingerprint density at radius 3 is 1.57 bits per heavy atom. The second-order valence-electron chi connectivity index (χ2n) is 11.9. The highest BCUT2D eigenvalue weighted by Gasteiger charge is 2.22. The van der Waals surface area contributed by atoms with Crippen LogP contribution in [0.1, 0.15) is 16.7 Å². The highest BCUT2D eigenvalue weighted by molar-refractivity contribution is 6.28. The van der Waals surface area contributed by atoms with E-state index >= 15 is 0 Å². The molecule has 46 heavy (non-hydrogen) atoms. The fraction of sp³-hybridized carbons (Fsp3) is 0.0465. The molecule has 0 aromatic heterocycles. The van der Waals surface area contributed by atoms with Crippen molar-refractivity contribution in [3.8, 4) is 6.07 Å². The van der Waals surface area contributed by atoms with Crippen molar-refractivity contribution in [3.63, 3.8) is 0 Å². The van der Waals surface area contributed by atoms with Gasteiger partial charge in [-0.1, -0.05) is 78.4 Å². The van der Waals surface area contributed by atoms with Crippen LogP contribution in [0.4, 0.5) is 34.1 Å². The van der Waals surface area contributed by atoms with Gasteiger partial charge in [0.15, 0.2) is 0 Å². The van der Waals surface area contributed by atoms with Crippen LogP contribution >= 0.6 is 0 Å². The molecule has 8 aromatic rings. The lowest BCUT2D eigenvalue weighted by Gasteiger charge is -2.29. The molecule has 8 aromatic carbocycles. The van der Waals surface area contributed by atoms with Gasteiger partial charge in [-0.3, -0.25) is 0 Å². The zero-order chi connectivity index (χ0) is 31.2. The Balaban J connectivity index is 1.42. The third-order valence-electron chi connectivity index (χ3n) is 9.00. The minimum atomic E-state index is 0.645. The molecule has 0 radical (unpaired) electrons. The van der Waals surface area contributed by atoms with Gasteiger partial charge in [-0.25, -0.2) is 0 Å². The summed E-state index contributed by atoms with van der Waals surface area (Å²) in [6.07, 6.45) is 0. The smallest absolute Gasteiger partial charge is 0.0991 e. The van der Waals surface area contributed by atoms with E-state index < -0.39 is 0 Å². The lowest BCUT2D eigenvalue weighted by atomic mass is 9.89. The summed E-state index contributed by atoms with van der Waals surface area (Å²) in [4.78, 5) is 4.67. The van der Waals surface area contributed by atoms with Crippen LogP contribution in [-0.2, 0) is 0 Å². The molecule has 3 nitrogen and oxygen atoms in total. The molecule has 0 bridgehead atoms. The number of nitrogens with zero attached hydrogens (tertiary/aromatic N) is 3. The molecule has 0 amide bonds. The van der Waals surface area contributed by atoms with Crippen molar-refractivity contribution in [1.82, 2.24) is 0 Å². The Bertz CT molecular complexity index is 2370. The number of hydrogen-bond acceptors (Lipinski definition) is 3. The monoisotopic (exact) mass is 589 g/mol. The molecule has 218 valence electrons. The topological polar surface area (TPSA) is 30.3 Å². The molecule has 0 N–H and O–H groups in total. The van der Waals surface area contributed by atoms with E-state index in [1.165, 1.54) is 43.4 Å². The average molecular weight is 590 g/mol. The summed E-state index contributed by atoms with van der Waals surface area (Å²) >= 11 is 0. The van der Waals surface area contributed by atoms with E-state index in [1.807, 2.05) is 30.3 Å². The first-order chi connectivity index (χ1) is 22.6. The minimum Gasteiger partial charge on any atom is -0.310 e. The van der Waals surface area contributed by atoms with Crippen LogP contribution in [0, 0.1) is 25.2 Å². The molecule has 0 atom stereocenters. The lowest BCUT2D eigenvalue weighted by molar-refractivity contribution is 1.29. The zero-order valence-electron chi connectivity index (χ0n) is 25.8. The first kappa shape index (κ1) is 27.4. The highest BCUT2D eigenvalue weighted by atomic mass is 15.1. The molecule has 0 aliphatic rings. The van der Waals surface area contributed by atoms with Gasteiger partial charge in [0, 0.05) is 33.5 Å². The van der Waals surface area contributed by atoms with Crippen molar-refractivity contribution in [1.29, 1.82) is 5.26 Å². The van der Waals surface area contributed by atoms with E-state index in [1.54, 1.807) is 0 Å². The Labute approximate surface area is 269 Å². The molecule has 0 heterocycles. The zero-order valence-corrected chi connectivity index (χ0v) is 25.8. The summed E-state index contributed by atoms with van der Waals surface area (Å²) in [6, 6.07) is 55.9. The number of rotatable bonds is 6. The third kappa shape index (κ3) is 4.51. The molecule has 0 aliphatic heterocycles. The SMILES string of the molecule is Cc1ccc(N(c2ccccc2)c2ccc3c(C)cc4c(N(c5ccccc5)c5ccc(C#N)cc5)ccc5ccc2c3c54)cc1. The maximum absolute atomic E-state index is 9.48. The second-order valence-corrected chi connectivity index (χ2v) is 11.9. The Morgan fingerprint density at radius 2 is 0.957 bits per heavy atom. The minimum absolute atomic E-state index is 0.645. The van der Waals surface area contributed by atoms with Crippen molar-refractivity contribution in [2.45, 2.75) is 13.8 Å². The van der Waals surface area contributed by atoms with Crippen LogP contribution < -0.4 is 9.80 Å². The average Bonchev–Trinajstić information content (AvgIpc) is 3.11. The molecule has 0 saturated carbocycles. The summed E-state index contributed by atoms with van der Waals surface area (Å²) in [5.74, 6) is 0. The van der Waals surface area contributed by atoms with Crippen LogP contribution in [0.15, 0.2) is 152 Å². The highest BCUT2D eigenvalue weighted by Crippen LogP contribution is 2.48. The molecule has 3 heteroatoms. The molecular formula is C43H31N3. The molecule has 0 spiro atoms. The van der Waals surface area contributed by atoms with Crippen molar-refractivity contribution in [2.24, 2.45) is 0 Å². The summed E-state index contributed by atoms with van der Waals surface area (Å²) in [7, 11) is 0. The first-order valence-electron chi connectivity index (χ1n) is 15.6. The molecular weight excluding hydrogens is 558 g/mol. The van der Waals surface area contributed by atoms with Crippen LogP contribution in [-0.4, -0.2) is 0 Å². The quantitative estimate of drug-likeness (QED) is 0.181. The van der Waals surface area contributed by atoms with Crippen LogP contribution in [0.25, 0.3) is 32.3 Å². The Hall–Kier alpha value is -6.11. The summed E-state index contributed by atoms with van der Waals surface area (Å²) in [6.45, 7) is 4.35. The number of benzene rings is 8. The lowest BCUT2D eigenvalue weighted by Crippen LogP contribution is -2.11. The van der Waals surface area contributed by atoms with Gasteiger partial charge < -0.3 is 9.80 Å². The number of anilines is 6. The second kappa shape index (κ2) is 11.1. The van der Waals surface area contributed by atoms with E-state index in [4.69, 9.17) is 0 Å². The van der Waals surface area contributed by atoms with Crippen molar-refractivity contribution < 1.29 is 0 Å². The van der Waals surface area contributed by atoms with Crippen molar-refractivity contribution in [3.05, 3.63) is 168 Å². The molecule has 8 rings (SSSR count). The van der Waals surface area contributed by atoms with Crippen LogP contribution in [0.5, 0.6) is 0 Å². The predicted octanol–water partition coefficient (Wildman–Crippen LogP) is 12.0. The number of para-hydroxylation sites is 2. The van der Waals surface area contributed by atoms with E-state index in [0.29, 0.717) is 5.56 Å². The third-order valence-corrected chi connectivity index (χ3v) is 9.00. The Kier molecular flexibility index (Phi) is 6.63. The van der Waals surface area contributed by atoms with E-state index in [2.05, 4.69) is 151 Å². The fourth-order valence-corrected chi connectivity index (χ4v) is 6.81. The van der Waals surface area contributed by atoms with Gasteiger partial charge in [-0.05, 0) is 120 Å². The summed E-state index contributed by atoms with van der Waals surface area (Å²) in [5, 5.41) is 16.9. The van der Waals surface area contributed by atoms with Crippen molar-refractivity contribution in [2.75, 3.05) is 9.80 Å². The standard InChI is InChI=1S/C43H31N3/c1-29-13-19-35(20-14-29)45(33-9-5-3-6-10-33)40-26-24-37-30(2)27-39-41(25-18-32-17-23-38(40)43(37)42(32)39)46(34-11-7-4-8-12-34)36-21-15-31(28-44)16-22-36/h3-27H,1-2H3. The van der Waals surface area contributed by atoms with Gasteiger partial charge in [0.1, 0.15) is 0 Å². The largest absolute Gasteiger partial charge is 0.310 e. The van der Waals surface area contributed by atoms with Gasteiger partial charge in [-0.15, -0.1) is 0 Å². The van der Waals surface area contributed by atoms with E-state index in [0.717, 1.165) is 34.1 Å². The normalized spacial score (nSPS) is 11.2. The van der Waals surface area contributed by atoms with Crippen molar-refractivity contribution >= 4 is 66.4 Å². The molecule has 0 saturated heterocycles. The van der Waals surface area contributed by atoms with E-state index in [9.17, 15) is 5.26 Å². The fourth-order valence-electron chi connectivity index (χ4n) is 6.81. The summed E-state index contributed by atoms with van der Waals surface area (Å²) in [5.41, 5.74) is 9.68. The molecule has 0 fully saturated rings. The van der Waals surface area contributed by atoms with Crippen LogP contribution in [0.2, 0.25) is 0 Å². The van der Waals surface area contributed by atoms with E-state index in [-0.39, 0.29) is 0 Å². The molecule has 0 unspecified atom stereocenters. The summed E-state index contributed by atoms with van der Waals surface area (Å²) < 4.78 is 0. The predicted molar refractivity (Wildman–Crippen MR) is 194 cm³/mol. The number of hydrogen-bond donors (Lipinski definition) is 0. The van der Waals surface area contributed by atoms with Gasteiger partial charge in [0.05, 0.1) is 23.0 Å². The maximum Gasteiger partial charge on any atom is 0.0991 e. The van der Waals surface area contributed by atoms with Gasteiger partial charge in [-0.2, -0.15) is 5.26 Å².